The molecular formula is C14H20O4. The van der Waals surface area contributed by atoms with Gasteiger partial charge in [0.2, 0.25) is 0 Å². The number of esters is 1. The van der Waals surface area contributed by atoms with Gasteiger partial charge < -0.3 is 14.2 Å². The molecule has 3 aliphatic rings. The second kappa shape index (κ2) is 5.41. The van der Waals surface area contributed by atoms with Crippen molar-refractivity contribution >= 4 is 5.97 Å². The molecule has 3 rings (SSSR count). The summed E-state index contributed by atoms with van der Waals surface area (Å²) in [4.78, 5) is 11.9. The topological polar surface area (TPSA) is 44.8 Å². The molecule has 18 heavy (non-hydrogen) atoms. The molecule has 1 heterocycles. The van der Waals surface area contributed by atoms with Crippen LogP contribution in [0.3, 0.4) is 0 Å². The molecule has 0 spiro atoms. The lowest BCUT2D eigenvalue weighted by atomic mass is 9.94. The summed E-state index contributed by atoms with van der Waals surface area (Å²) < 4.78 is 16.0. The molecule has 4 atom stereocenters. The van der Waals surface area contributed by atoms with E-state index in [1.165, 1.54) is 0 Å². The molecule has 0 radical (unpaired) electrons. The summed E-state index contributed by atoms with van der Waals surface area (Å²) in [5.74, 6) is 0.933. The lowest BCUT2D eigenvalue weighted by Crippen LogP contribution is -2.27. The number of hydrogen-bond donors (Lipinski definition) is 0. The average molecular weight is 252 g/mol. The first kappa shape index (κ1) is 12.2. The summed E-state index contributed by atoms with van der Waals surface area (Å²) in [6.45, 7) is 0.775. The Hall–Kier alpha value is -0.870. The molecule has 1 saturated carbocycles. The van der Waals surface area contributed by atoms with Gasteiger partial charge in [-0.3, -0.25) is 4.79 Å². The molecule has 1 aliphatic heterocycles. The van der Waals surface area contributed by atoms with E-state index in [1.54, 1.807) is 0 Å². The largest absolute Gasteiger partial charge is 0.438 e. The van der Waals surface area contributed by atoms with Crippen molar-refractivity contribution in [3.63, 3.8) is 0 Å². The summed E-state index contributed by atoms with van der Waals surface area (Å²) >= 11 is 0. The number of carbonyl (C=O) groups excluding carboxylic acids is 1. The van der Waals surface area contributed by atoms with Gasteiger partial charge in [0.05, 0.1) is 5.92 Å². The molecule has 1 saturated heterocycles. The summed E-state index contributed by atoms with van der Waals surface area (Å²) in [6.07, 6.45) is 9.37. The lowest BCUT2D eigenvalue weighted by Gasteiger charge is -2.23. The van der Waals surface area contributed by atoms with Crippen molar-refractivity contribution in [1.82, 2.24) is 0 Å². The van der Waals surface area contributed by atoms with Crippen LogP contribution in [0.2, 0.25) is 0 Å². The average Bonchev–Trinajstić information content (AvgIpc) is 3.02. The van der Waals surface area contributed by atoms with Crippen LogP contribution in [0.5, 0.6) is 0 Å². The summed E-state index contributed by atoms with van der Waals surface area (Å²) in [5.41, 5.74) is 0. The molecule has 0 N–H and O–H groups in total. The molecule has 2 aliphatic carbocycles. The van der Waals surface area contributed by atoms with E-state index in [4.69, 9.17) is 14.2 Å². The maximum Gasteiger partial charge on any atom is 0.311 e. The van der Waals surface area contributed by atoms with E-state index in [9.17, 15) is 4.79 Å². The molecule has 100 valence electrons. The van der Waals surface area contributed by atoms with E-state index in [0.29, 0.717) is 11.8 Å². The van der Waals surface area contributed by atoms with E-state index >= 15 is 0 Å². The van der Waals surface area contributed by atoms with Gasteiger partial charge in [0.25, 0.3) is 0 Å². The molecule has 4 heteroatoms. The van der Waals surface area contributed by atoms with Crippen molar-refractivity contribution in [3.05, 3.63) is 12.2 Å². The van der Waals surface area contributed by atoms with Crippen LogP contribution in [0.4, 0.5) is 0 Å². The number of hydrogen-bond acceptors (Lipinski definition) is 4. The van der Waals surface area contributed by atoms with Crippen molar-refractivity contribution in [3.8, 4) is 0 Å². The fourth-order valence-corrected chi connectivity index (χ4v) is 3.17. The first-order valence-corrected chi connectivity index (χ1v) is 6.91. The zero-order chi connectivity index (χ0) is 12.4. The minimum Gasteiger partial charge on any atom is -0.438 e. The van der Waals surface area contributed by atoms with Gasteiger partial charge in [-0.25, -0.2) is 0 Å². The second-order valence-electron chi connectivity index (χ2n) is 5.43. The molecule has 2 bridgehead atoms. The molecule has 2 fully saturated rings. The van der Waals surface area contributed by atoms with Crippen LogP contribution in [0.1, 0.15) is 32.1 Å². The highest BCUT2D eigenvalue weighted by Crippen LogP contribution is 2.43. The number of ether oxygens (including phenoxy) is 3. The monoisotopic (exact) mass is 252 g/mol. The van der Waals surface area contributed by atoms with Crippen molar-refractivity contribution in [2.75, 3.05) is 13.4 Å². The van der Waals surface area contributed by atoms with Crippen LogP contribution in [-0.4, -0.2) is 25.7 Å². The van der Waals surface area contributed by atoms with Crippen molar-refractivity contribution in [2.24, 2.45) is 17.8 Å². The number of fused-ring (bicyclic) bond motifs is 2. The number of allylic oxidation sites excluding steroid dienone is 2. The first-order chi connectivity index (χ1) is 8.83. The van der Waals surface area contributed by atoms with Crippen molar-refractivity contribution in [1.29, 1.82) is 0 Å². The second-order valence-corrected chi connectivity index (χ2v) is 5.43. The van der Waals surface area contributed by atoms with Crippen molar-refractivity contribution in [2.45, 2.75) is 38.4 Å². The molecule has 4 nitrogen and oxygen atoms in total. The van der Waals surface area contributed by atoms with Gasteiger partial charge in [0.15, 0.2) is 13.1 Å². The van der Waals surface area contributed by atoms with Gasteiger partial charge in [0, 0.05) is 6.61 Å². The third kappa shape index (κ3) is 2.59. The predicted molar refractivity (Wildman–Crippen MR) is 64.5 cm³/mol. The third-order valence-electron chi connectivity index (χ3n) is 4.17. The summed E-state index contributed by atoms with van der Waals surface area (Å²) in [7, 11) is 0. The Balaban J connectivity index is 1.38. The Morgan fingerprint density at radius 3 is 2.89 bits per heavy atom. The van der Waals surface area contributed by atoms with Crippen LogP contribution >= 0.6 is 0 Å². The Morgan fingerprint density at radius 2 is 2.22 bits per heavy atom. The van der Waals surface area contributed by atoms with E-state index in [0.717, 1.165) is 38.7 Å². The Labute approximate surface area is 107 Å². The highest BCUT2D eigenvalue weighted by molar-refractivity contribution is 5.74. The quantitative estimate of drug-likeness (QED) is 0.437. The van der Waals surface area contributed by atoms with Gasteiger partial charge in [-0.2, -0.15) is 0 Å². The SMILES string of the molecule is O=C(OCOC1CCCCO1)C1CC2C=CC1C2. The van der Waals surface area contributed by atoms with Crippen LogP contribution in [0, 0.1) is 17.8 Å². The first-order valence-electron chi connectivity index (χ1n) is 6.91. The molecule has 4 unspecified atom stereocenters. The highest BCUT2D eigenvalue weighted by atomic mass is 16.8. The third-order valence-corrected chi connectivity index (χ3v) is 4.17. The Kier molecular flexibility index (Phi) is 3.66. The van der Waals surface area contributed by atoms with Crippen LogP contribution < -0.4 is 0 Å². The fraction of sp³-hybridized carbons (Fsp3) is 0.786. The van der Waals surface area contributed by atoms with E-state index in [1.807, 2.05) is 0 Å². The molecule has 0 aromatic rings. The Morgan fingerprint density at radius 1 is 1.28 bits per heavy atom. The van der Waals surface area contributed by atoms with E-state index in [2.05, 4.69) is 12.2 Å². The molecule has 0 aromatic carbocycles. The Bertz CT molecular complexity index is 333. The van der Waals surface area contributed by atoms with Gasteiger partial charge in [-0.1, -0.05) is 12.2 Å². The van der Waals surface area contributed by atoms with Crippen molar-refractivity contribution < 1.29 is 19.0 Å². The van der Waals surface area contributed by atoms with Gasteiger partial charge in [-0.05, 0) is 43.9 Å². The lowest BCUT2D eigenvalue weighted by molar-refractivity contribution is -0.212. The normalized spacial score (nSPS) is 38.0. The fourth-order valence-electron chi connectivity index (χ4n) is 3.17. The zero-order valence-electron chi connectivity index (χ0n) is 10.5. The molecule has 0 amide bonds. The standard InChI is InChI=1S/C14H20O4/c15-14(12-8-10-4-5-11(12)7-10)18-9-17-13-3-1-2-6-16-13/h4-5,10-13H,1-3,6-9H2. The molecule has 0 aromatic heterocycles. The van der Waals surface area contributed by atoms with Gasteiger partial charge in [0.1, 0.15) is 0 Å². The molecular weight excluding hydrogens is 232 g/mol. The summed E-state index contributed by atoms with van der Waals surface area (Å²) in [6, 6.07) is 0. The zero-order valence-corrected chi connectivity index (χ0v) is 10.5. The van der Waals surface area contributed by atoms with E-state index < -0.39 is 0 Å². The highest BCUT2D eigenvalue weighted by Gasteiger charge is 2.40. The van der Waals surface area contributed by atoms with Gasteiger partial charge >= 0.3 is 5.97 Å². The smallest absolute Gasteiger partial charge is 0.311 e. The van der Waals surface area contributed by atoms with E-state index in [-0.39, 0.29) is 25.0 Å². The van der Waals surface area contributed by atoms with Crippen LogP contribution in [-0.2, 0) is 19.0 Å². The number of rotatable bonds is 4. The minimum absolute atomic E-state index is 0.0289. The predicted octanol–water partition coefficient (Wildman–Crippen LogP) is 2.24. The van der Waals surface area contributed by atoms with Gasteiger partial charge in [-0.15, -0.1) is 0 Å². The van der Waals surface area contributed by atoms with Crippen LogP contribution in [0.15, 0.2) is 12.2 Å². The van der Waals surface area contributed by atoms with Crippen LogP contribution in [0.25, 0.3) is 0 Å². The number of carbonyl (C=O) groups is 1. The minimum atomic E-state index is -0.188. The summed E-state index contributed by atoms with van der Waals surface area (Å²) in [5, 5.41) is 0. The maximum atomic E-state index is 11.9. The maximum absolute atomic E-state index is 11.9.